The summed E-state index contributed by atoms with van der Waals surface area (Å²) >= 11 is 0. The molecule has 0 unspecified atom stereocenters. The first-order valence-electron chi connectivity index (χ1n) is 12.0. The van der Waals surface area contributed by atoms with E-state index < -0.39 is 23.6 Å². The highest BCUT2D eigenvalue weighted by Gasteiger charge is 2.34. The Morgan fingerprint density at radius 2 is 1.73 bits per heavy atom. The number of benzene rings is 2. The van der Waals surface area contributed by atoms with Crippen molar-refractivity contribution >= 4 is 23.2 Å². The molecular formula is C26H29F3N6O2. The molecule has 1 aliphatic rings. The summed E-state index contributed by atoms with van der Waals surface area (Å²) in [5.41, 5.74) is 1.03. The zero-order valence-electron chi connectivity index (χ0n) is 20.7. The van der Waals surface area contributed by atoms with Crippen LogP contribution in [0.15, 0.2) is 48.9 Å². The summed E-state index contributed by atoms with van der Waals surface area (Å²) in [7, 11) is 0. The molecule has 8 nitrogen and oxygen atoms in total. The number of anilines is 2. The van der Waals surface area contributed by atoms with Gasteiger partial charge in [-0.2, -0.15) is 13.2 Å². The maximum atomic E-state index is 13.9. The van der Waals surface area contributed by atoms with Gasteiger partial charge in [-0.15, -0.1) is 0 Å². The Morgan fingerprint density at radius 3 is 2.38 bits per heavy atom. The SMILES string of the molecule is CCN1CCN(Cc2ccc(C(=O)Nc3ccc(C)c(NC(=O)c4cnc[nH]4)c3)cc2C(F)(F)F)CC1. The van der Waals surface area contributed by atoms with E-state index in [2.05, 4.69) is 32.4 Å². The Bertz CT molecular complexity index is 1250. The predicted molar refractivity (Wildman–Crippen MR) is 135 cm³/mol. The van der Waals surface area contributed by atoms with Crippen molar-refractivity contribution in [2.45, 2.75) is 26.6 Å². The number of nitrogens with zero attached hydrogens (tertiary/aromatic N) is 3. The van der Waals surface area contributed by atoms with Crippen LogP contribution >= 0.6 is 0 Å². The largest absolute Gasteiger partial charge is 0.416 e. The highest BCUT2D eigenvalue weighted by atomic mass is 19.4. The Hall–Kier alpha value is -3.70. The molecule has 3 aromatic rings. The van der Waals surface area contributed by atoms with Crippen LogP contribution in [0.5, 0.6) is 0 Å². The summed E-state index contributed by atoms with van der Waals surface area (Å²) in [4.78, 5) is 36.0. The number of nitrogens with one attached hydrogen (secondary N) is 3. The number of rotatable bonds is 7. The number of imidazole rings is 1. The molecule has 37 heavy (non-hydrogen) atoms. The summed E-state index contributed by atoms with van der Waals surface area (Å²) in [6.07, 6.45) is -1.83. The molecular weight excluding hydrogens is 485 g/mol. The van der Waals surface area contributed by atoms with Crippen molar-refractivity contribution in [1.29, 1.82) is 0 Å². The standard InChI is InChI=1S/C26H29F3N6O2/c1-3-34-8-10-35(11-9-34)15-19-6-5-18(12-21(19)26(27,28)29)24(36)32-20-7-4-17(2)22(13-20)33-25(37)23-14-30-16-31-23/h4-7,12-14,16H,3,8-11,15H2,1-2H3,(H,30,31)(H,32,36)(H,33,37). The Labute approximate surface area is 212 Å². The third-order valence-corrected chi connectivity index (χ3v) is 6.47. The van der Waals surface area contributed by atoms with Gasteiger partial charge in [-0.25, -0.2) is 4.98 Å². The highest BCUT2D eigenvalue weighted by molar-refractivity contribution is 6.06. The van der Waals surface area contributed by atoms with Gasteiger partial charge in [0.15, 0.2) is 0 Å². The topological polar surface area (TPSA) is 93.4 Å². The maximum absolute atomic E-state index is 13.9. The molecule has 0 radical (unpaired) electrons. The normalized spacial score (nSPS) is 14.9. The van der Waals surface area contributed by atoms with Gasteiger partial charge in [-0.1, -0.05) is 19.1 Å². The molecule has 0 bridgehead atoms. The number of halogens is 3. The lowest BCUT2D eigenvalue weighted by atomic mass is 10.0. The molecule has 0 atom stereocenters. The maximum Gasteiger partial charge on any atom is 0.416 e. The van der Waals surface area contributed by atoms with Crippen LogP contribution in [0.4, 0.5) is 24.5 Å². The van der Waals surface area contributed by atoms with Crippen LogP contribution in [0, 0.1) is 6.92 Å². The molecule has 11 heteroatoms. The van der Waals surface area contributed by atoms with E-state index in [1.54, 1.807) is 25.1 Å². The quantitative estimate of drug-likeness (QED) is 0.435. The minimum Gasteiger partial charge on any atom is -0.341 e. The number of alkyl halides is 3. The number of H-pyrrole nitrogens is 1. The summed E-state index contributed by atoms with van der Waals surface area (Å²) in [5, 5.41) is 5.36. The zero-order valence-corrected chi connectivity index (χ0v) is 20.7. The number of hydrogen-bond acceptors (Lipinski definition) is 5. The van der Waals surface area contributed by atoms with Gasteiger partial charge in [-0.05, 0) is 48.9 Å². The molecule has 1 fully saturated rings. The number of aromatic nitrogens is 2. The van der Waals surface area contributed by atoms with E-state index in [4.69, 9.17) is 0 Å². The van der Waals surface area contributed by atoms with Gasteiger partial charge in [0, 0.05) is 49.7 Å². The van der Waals surface area contributed by atoms with Crippen molar-refractivity contribution in [3.63, 3.8) is 0 Å². The summed E-state index contributed by atoms with van der Waals surface area (Å²) in [6.45, 7) is 7.97. The first kappa shape index (κ1) is 26.4. The lowest BCUT2D eigenvalue weighted by molar-refractivity contribution is -0.138. The molecule has 0 aliphatic carbocycles. The molecule has 2 amide bonds. The Balaban J connectivity index is 1.49. The second-order valence-electron chi connectivity index (χ2n) is 8.98. The van der Waals surface area contributed by atoms with Gasteiger partial charge >= 0.3 is 6.18 Å². The van der Waals surface area contributed by atoms with Crippen molar-refractivity contribution in [3.8, 4) is 0 Å². The third kappa shape index (κ3) is 6.55. The summed E-state index contributed by atoms with van der Waals surface area (Å²) < 4.78 is 41.8. The minimum atomic E-state index is -4.59. The predicted octanol–water partition coefficient (Wildman–Crippen LogP) is 4.38. The van der Waals surface area contributed by atoms with E-state index in [9.17, 15) is 22.8 Å². The molecule has 4 rings (SSSR count). The third-order valence-electron chi connectivity index (χ3n) is 6.47. The summed E-state index contributed by atoms with van der Waals surface area (Å²) in [6, 6.07) is 8.57. The zero-order chi connectivity index (χ0) is 26.6. The highest BCUT2D eigenvalue weighted by Crippen LogP contribution is 2.34. The Kier molecular flexibility index (Phi) is 7.94. The van der Waals surface area contributed by atoms with Crippen molar-refractivity contribution in [1.82, 2.24) is 19.8 Å². The molecule has 2 aromatic carbocycles. The molecule has 3 N–H and O–H groups in total. The number of carbonyl (C=O) groups is 2. The molecule has 1 aromatic heterocycles. The van der Waals surface area contributed by atoms with Crippen molar-refractivity contribution in [2.24, 2.45) is 0 Å². The average molecular weight is 515 g/mol. The number of aromatic amines is 1. The van der Waals surface area contributed by atoms with E-state index in [1.807, 2.05) is 4.90 Å². The fourth-order valence-corrected chi connectivity index (χ4v) is 4.23. The van der Waals surface area contributed by atoms with E-state index in [0.717, 1.165) is 31.3 Å². The van der Waals surface area contributed by atoms with E-state index in [-0.39, 0.29) is 23.4 Å². The van der Waals surface area contributed by atoms with E-state index in [1.165, 1.54) is 24.7 Å². The molecule has 1 aliphatic heterocycles. The number of aryl methyl sites for hydroxylation is 1. The number of carbonyl (C=O) groups excluding carboxylic acids is 2. The lowest BCUT2D eigenvalue weighted by Gasteiger charge is -2.34. The number of likely N-dealkylation sites (N-methyl/N-ethyl adjacent to an activating group) is 1. The van der Waals surface area contributed by atoms with Gasteiger partial charge in [0.1, 0.15) is 5.69 Å². The van der Waals surface area contributed by atoms with Gasteiger partial charge in [0.25, 0.3) is 11.8 Å². The van der Waals surface area contributed by atoms with Crippen molar-refractivity contribution in [3.05, 3.63) is 76.9 Å². The van der Waals surface area contributed by atoms with Crippen LogP contribution < -0.4 is 10.6 Å². The van der Waals surface area contributed by atoms with Gasteiger partial charge in [0.05, 0.1) is 18.1 Å². The van der Waals surface area contributed by atoms with Gasteiger partial charge in [0.2, 0.25) is 0 Å². The van der Waals surface area contributed by atoms with Crippen molar-refractivity contribution in [2.75, 3.05) is 43.4 Å². The van der Waals surface area contributed by atoms with Crippen LogP contribution in [-0.2, 0) is 12.7 Å². The van der Waals surface area contributed by atoms with Crippen LogP contribution in [0.25, 0.3) is 0 Å². The second-order valence-corrected chi connectivity index (χ2v) is 8.98. The molecule has 1 saturated heterocycles. The first-order chi connectivity index (χ1) is 17.6. The van der Waals surface area contributed by atoms with E-state index >= 15 is 0 Å². The fourth-order valence-electron chi connectivity index (χ4n) is 4.23. The lowest BCUT2D eigenvalue weighted by Crippen LogP contribution is -2.45. The first-order valence-corrected chi connectivity index (χ1v) is 12.0. The number of amides is 2. The molecule has 0 spiro atoms. The average Bonchev–Trinajstić information content (AvgIpc) is 3.41. The molecule has 2 heterocycles. The van der Waals surface area contributed by atoms with Crippen molar-refractivity contribution < 1.29 is 22.8 Å². The fraction of sp³-hybridized carbons (Fsp3) is 0.346. The monoisotopic (exact) mass is 514 g/mol. The minimum absolute atomic E-state index is 0.101. The van der Waals surface area contributed by atoms with Crippen LogP contribution in [0.1, 0.15) is 44.5 Å². The number of piperazine rings is 1. The second kappa shape index (κ2) is 11.1. The van der Waals surface area contributed by atoms with Gasteiger partial charge in [-0.3, -0.25) is 14.5 Å². The van der Waals surface area contributed by atoms with Crippen LogP contribution in [0.2, 0.25) is 0 Å². The number of hydrogen-bond donors (Lipinski definition) is 3. The van der Waals surface area contributed by atoms with Crippen LogP contribution in [0.3, 0.4) is 0 Å². The van der Waals surface area contributed by atoms with Crippen LogP contribution in [-0.4, -0.2) is 64.3 Å². The Morgan fingerprint density at radius 1 is 1.00 bits per heavy atom. The smallest absolute Gasteiger partial charge is 0.341 e. The van der Waals surface area contributed by atoms with Gasteiger partial charge < -0.3 is 20.5 Å². The molecule has 196 valence electrons. The summed E-state index contributed by atoms with van der Waals surface area (Å²) in [5.74, 6) is -1.09. The molecule has 0 saturated carbocycles. The van der Waals surface area contributed by atoms with E-state index in [0.29, 0.717) is 24.5 Å².